The second-order valence-corrected chi connectivity index (χ2v) is 7.12. The highest BCUT2D eigenvalue weighted by Crippen LogP contribution is 2.35. The lowest BCUT2D eigenvalue weighted by molar-refractivity contribution is -0.135. The Balaban J connectivity index is 1.73. The smallest absolute Gasteiger partial charge is 0.333 e. The molecule has 2 heterocycles. The van der Waals surface area contributed by atoms with Crippen LogP contribution in [-0.2, 0) is 9.59 Å². The first-order valence-corrected chi connectivity index (χ1v) is 10.4. The van der Waals surface area contributed by atoms with Gasteiger partial charge in [0.15, 0.2) is 0 Å². The van der Waals surface area contributed by atoms with E-state index in [4.69, 9.17) is 4.42 Å². The van der Waals surface area contributed by atoms with Crippen LogP contribution < -0.4 is 4.90 Å². The molecule has 0 bridgehead atoms. The monoisotopic (exact) mass is 429 g/mol. The molecule has 1 fully saturated rings. The Morgan fingerprint density at radius 1 is 0.750 bits per heavy atom. The van der Waals surface area contributed by atoms with Crippen molar-refractivity contribution in [1.82, 2.24) is 9.80 Å². The molecule has 0 N–H and O–H groups in total. The minimum Gasteiger partial charge on any atom is -0.440 e. The van der Waals surface area contributed by atoms with Crippen molar-refractivity contribution in [2.24, 2.45) is 0 Å². The number of likely N-dealkylation sites (N-methyl/N-ethyl adjacent to an activating group) is 2. The standard InChI is InChI=1S/C25H23N3O4/c1-3-26-23(29)21(24(30)27(4-2)25(26)31)17-20-15-16-22(32-20)28(18-11-7-5-8-12-18)19-13-9-6-10-14-19/h5-17H,3-4H2,1-2H3. The molecule has 2 aromatic carbocycles. The Morgan fingerprint density at radius 2 is 1.25 bits per heavy atom. The molecule has 4 amide bonds. The van der Waals surface area contributed by atoms with Gasteiger partial charge in [-0.1, -0.05) is 36.4 Å². The number of carbonyl (C=O) groups is 3. The fourth-order valence-corrected chi connectivity index (χ4v) is 3.62. The second kappa shape index (κ2) is 8.93. The van der Waals surface area contributed by atoms with E-state index in [0.29, 0.717) is 11.6 Å². The van der Waals surface area contributed by atoms with Crippen LogP contribution in [0.1, 0.15) is 19.6 Å². The number of hydrogen-bond donors (Lipinski definition) is 0. The van der Waals surface area contributed by atoms with Gasteiger partial charge < -0.3 is 4.42 Å². The van der Waals surface area contributed by atoms with Crippen molar-refractivity contribution in [3.63, 3.8) is 0 Å². The Kier molecular flexibility index (Phi) is 5.89. The summed E-state index contributed by atoms with van der Waals surface area (Å²) < 4.78 is 6.04. The topological polar surface area (TPSA) is 74.1 Å². The number of anilines is 3. The molecule has 1 aliphatic heterocycles. The number of nitrogens with zero attached hydrogens (tertiary/aromatic N) is 3. The number of hydrogen-bond acceptors (Lipinski definition) is 5. The summed E-state index contributed by atoms with van der Waals surface area (Å²) in [7, 11) is 0. The molecular formula is C25H23N3O4. The molecule has 3 aromatic rings. The second-order valence-electron chi connectivity index (χ2n) is 7.12. The number of imide groups is 2. The van der Waals surface area contributed by atoms with Gasteiger partial charge in [-0.05, 0) is 50.3 Å². The molecule has 32 heavy (non-hydrogen) atoms. The zero-order valence-corrected chi connectivity index (χ0v) is 17.9. The van der Waals surface area contributed by atoms with Crippen LogP contribution in [0.15, 0.2) is 82.8 Å². The highest BCUT2D eigenvalue weighted by molar-refractivity contribution is 6.30. The predicted octanol–water partition coefficient (Wildman–Crippen LogP) is 4.96. The average molecular weight is 429 g/mol. The van der Waals surface area contributed by atoms with E-state index in [0.717, 1.165) is 21.2 Å². The number of para-hydroxylation sites is 2. The van der Waals surface area contributed by atoms with Gasteiger partial charge in [0.1, 0.15) is 11.3 Å². The van der Waals surface area contributed by atoms with Crippen molar-refractivity contribution in [2.45, 2.75) is 13.8 Å². The molecule has 0 unspecified atom stereocenters. The lowest BCUT2D eigenvalue weighted by Gasteiger charge is -2.32. The molecule has 0 radical (unpaired) electrons. The van der Waals surface area contributed by atoms with Crippen LogP contribution in [0.4, 0.5) is 22.1 Å². The Hall–Kier alpha value is -4.13. The fourth-order valence-electron chi connectivity index (χ4n) is 3.62. The molecule has 4 rings (SSSR count). The van der Waals surface area contributed by atoms with Crippen LogP contribution >= 0.6 is 0 Å². The zero-order chi connectivity index (χ0) is 22.7. The van der Waals surface area contributed by atoms with Crippen LogP contribution in [-0.4, -0.2) is 40.7 Å². The number of rotatable bonds is 6. The van der Waals surface area contributed by atoms with Gasteiger partial charge >= 0.3 is 6.03 Å². The van der Waals surface area contributed by atoms with Gasteiger partial charge in [0.05, 0.1) is 0 Å². The van der Waals surface area contributed by atoms with E-state index in [-0.39, 0.29) is 18.7 Å². The Labute approximate surface area is 186 Å². The summed E-state index contributed by atoms with van der Waals surface area (Å²) in [4.78, 5) is 41.9. The van der Waals surface area contributed by atoms with E-state index in [1.807, 2.05) is 65.6 Å². The summed E-state index contributed by atoms with van der Waals surface area (Å²) in [6.07, 6.45) is 1.40. The van der Waals surface area contributed by atoms with E-state index < -0.39 is 17.8 Å². The van der Waals surface area contributed by atoms with Crippen molar-refractivity contribution < 1.29 is 18.8 Å². The van der Waals surface area contributed by atoms with Gasteiger partial charge in [0, 0.05) is 30.5 Å². The summed E-state index contributed by atoms with van der Waals surface area (Å²) >= 11 is 0. The normalized spacial score (nSPS) is 14.2. The summed E-state index contributed by atoms with van der Waals surface area (Å²) in [5.41, 5.74) is 1.70. The molecule has 1 saturated heterocycles. The summed E-state index contributed by atoms with van der Waals surface area (Å²) in [6, 6.07) is 22.4. The molecule has 0 spiro atoms. The maximum atomic E-state index is 12.8. The first-order chi connectivity index (χ1) is 15.5. The maximum Gasteiger partial charge on any atom is 0.333 e. The molecule has 1 aromatic heterocycles. The molecule has 0 atom stereocenters. The van der Waals surface area contributed by atoms with Gasteiger partial charge in [-0.2, -0.15) is 0 Å². The number of barbiturate groups is 1. The van der Waals surface area contributed by atoms with Crippen LogP contribution in [0, 0.1) is 0 Å². The molecule has 162 valence electrons. The van der Waals surface area contributed by atoms with Gasteiger partial charge in [0.2, 0.25) is 5.88 Å². The Morgan fingerprint density at radius 3 is 1.72 bits per heavy atom. The zero-order valence-electron chi connectivity index (χ0n) is 17.9. The van der Waals surface area contributed by atoms with E-state index in [1.165, 1.54) is 6.08 Å². The third kappa shape index (κ3) is 3.80. The third-order valence-corrected chi connectivity index (χ3v) is 5.19. The third-order valence-electron chi connectivity index (χ3n) is 5.19. The number of urea groups is 1. The van der Waals surface area contributed by atoms with Crippen LogP contribution in [0.3, 0.4) is 0 Å². The SMILES string of the molecule is CCN1C(=O)C(=Cc2ccc(N(c3ccccc3)c3ccccc3)o2)C(=O)N(CC)C1=O. The van der Waals surface area contributed by atoms with E-state index in [9.17, 15) is 14.4 Å². The quantitative estimate of drug-likeness (QED) is 0.409. The van der Waals surface area contributed by atoms with Gasteiger partial charge in [-0.3, -0.25) is 24.3 Å². The minimum absolute atomic E-state index is 0.0971. The largest absolute Gasteiger partial charge is 0.440 e. The summed E-state index contributed by atoms with van der Waals surface area (Å²) in [5.74, 6) is -0.364. The van der Waals surface area contributed by atoms with Crippen LogP contribution in [0.2, 0.25) is 0 Å². The van der Waals surface area contributed by atoms with Crippen molar-refractivity contribution in [1.29, 1.82) is 0 Å². The van der Waals surface area contributed by atoms with Gasteiger partial charge in [-0.15, -0.1) is 0 Å². The van der Waals surface area contributed by atoms with E-state index >= 15 is 0 Å². The lowest BCUT2D eigenvalue weighted by Crippen LogP contribution is -2.56. The summed E-state index contributed by atoms with van der Waals surface area (Å²) in [5, 5.41) is 0. The van der Waals surface area contributed by atoms with Gasteiger partial charge in [-0.25, -0.2) is 4.79 Å². The van der Waals surface area contributed by atoms with Crippen LogP contribution in [0.5, 0.6) is 0 Å². The molecule has 7 heteroatoms. The van der Waals surface area contributed by atoms with Crippen molar-refractivity contribution in [3.8, 4) is 0 Å². The molecule has 7 nitrogen and oxygen atoms in total. The predicted molar refractivity (Wildman–Crippen MR) is 122 cm³/mol. The molecular weight excluding hydrogens is 406 g/mol. The van der Waals surface area contributed by atoms with Crippen molar-refractivity contribution in [2.75, 3.05) is 18.0 Å². The average Bonchev–Trinajstić information content (AvgIpc) is 3.27. The highest BCUT2D eigenvalue weighted by Gasteiger charge is 2.40. The van der Waals surface area contributed by atoms with Crippen molar-refractivity contribution in [3.05, 3.63) is 84.1 Å². The highest BCUT2D eigenvalue weighted by atomic mass is 16.4. The Bertz CT molecular complexity index is 1100. The molecule has 0 saturated carbocycles. The minimum atomic E-state index is -0.617. The number of furan rings is 1. The maximum absolute atomic E-state index is 12.8. The number of benzene rings is 2. The summed E-state index contributed by atoms with van der Waals surface area (Å²) in [6.45, 7) is 3.75. The van der Waals surface area contributed by atoms with Gasteiger partial charge in [0.25, 0.3) is 11.8 Å². The van der Waals surface area contributed by atoms with E-state index in [2.05, 4.69) is 0 Å². The number of carbonyl (C=O) groups excluding carboxylic acids is 3. The first-order valence-electron chi connectivity index (χ1n) is 10.4. The number of amides is 4. The van der Waals surface area contributed by atoms with Crippen LogP contribution in [0.25, 0.3) is 6.08 Å². The van der Waals surface area contributed by atoms with Crippen molar-refractivity contribution >= 4 is 41.2 Å². The fraction of sp³-hybridized carbons (Fsp3) is 0.160. The lowest BCUT2D eigenvalue weighted by atomic mass is 10.1. The molecule has 1 aliphatic rings. The van der Waals surface area contributed by atoms with E-state index in [1.54, 1.807) is 26.0 Å². The molecule has 0 aliphatic carbocycles. The first kappa shape index (κ1) is 21.1.